The van der Waals surface area contributed by atoms with Crippen molar-refractivity contribution in [2.24, 2.45) is 0 Å². The highest BCUT2D eigenvalue weighted by Gasteiger charge is 2.04. The van der Waals surface area contributed by atoms with Crippen LogP contribution in [0, 0.1) is 0 Å². The van der Waals surface area contributed by atoms with E-state index in [0.717, 1.165) is 27.8 Å². The second-order valence-corrected chi connectivity index (χ2v) is 4.48. The van der Waals surface area contributed by atoms with Crippen molar-refractivity contribution >= 4 is 16.6 Å². The molecular weight excluding hydrogens is 234 g/mol. The van der Waals surface area contributed by atoms with Crippen molar-refractivity contribution in [3.63, 3.8) is 0 Å². The number of rotatable bonds is 1. The maximum Gasteiger partial charge on any atom is 0.137 e. The summed E-state index contributed by atoms with van der Waals surface area (Å²) in [5, 5.41) is 1.12. The molecule has 0 unspecified atom stereocenters. The van der Waals surface area contributed by atoms with Crippen LogP contribution in [0.3, 0.4) is 0 Å². The van der Waals surface area contributed by atoms with Gasteiger partial charge in [-0.15, -0.1) is 0 Å². The van der Waals surface area contributed by atoms with Gasteiger partial charge in [0.25, 0.3) is 0 Å². The summed E-state index contributed by atoms with van der Waals surface area (Å²) >= 11 is 0. The first-order chi connectivity index (χ1) is 9.42. The zero-order chi connectivity index (χ0) is 12.7. The lowest BCUT2D eigenvalue weighted by Gasteiger charge is -2.05. The first-order valence-corrected chi connectivity index (χ1v) is 6.19. The molecule has 1 aromatic carbocycles. The molecule has 0 amide bonds. The molecule has 0 saturated heterocycles. The lowest BCUT2D eigenvalue weighted by atomic mass is 10.1. The number of fused-ring (bicyclic) bond motifs is 3. The van der Waals surface area contributed by atoms with Crippen LogP contribution < -0.4 is 0 Å². The van der Waals surface area contributed by atoms with E-state index in [9.17, 15) is 0 Å². The molecule has 0 bridgehead atoms. The second-order valence-electron chi connectivity index (χ2n) is 4.48. The normalized spacial score (nSPS) is 11.2. The molecule has 4 aromatic rings. The van der Waals surface area contributed by atoms with Crippen molar-refractivity contribution in [1.29, 1.82) is 0 Å². The molecule has 0 aliphatic carbocycles. The van der Waals surface area contributed by atoms with Crippen LogP contribution in [0.15, 0.2) is 67.1 Å². The largest absolute Gasteiger partial charge is 0.300 e. The zero-order valence-corrected chi connectivity index (χ0v) is 10.2. The van der Waals surface area contributed by atoms with E-state index in [0.29, 0.717) is 0 Å². The van der Waals surface area contributed by atoms with Crippen LogP contribution in [0.1, 0.15) is 0 Å². The van der Waals surface area contributed by atoms with Gasteiger partial charge in [-0.25, -0.2) is 4.98 Å². The van der Waals surface area contributed by atoms with Gasteiger partial charge in [-0.2, -0.15) is 0 Å². The Morgan fingerprint density at radius 1 is 0.895 bits per heavy atom. The third kappa shape index (κ3) is 1.59. The second kappa shape index (κ2) is 3.92. The van der Waals surface area contributed by atoms with Gasteiger partial charge >= 0.3 is 0 Å². The summed E-state index contributed by atoms with van der Waals surface area (Å²) in [5.74, 6) is 0. The lowest BCUT2D eigenvalue weighted by Crippen LogP contribution is -1.90. The lowest BCUT2D eigenvalue weighted by molar-refractivity contribution is 1.24. The van der Waals surface area contributed by atoms with Gasteiger partial charge in [-0.05, 0) is 18.2 Å². The fourth-order valence-corrected chi connectivity index (χ4v) is 2.37. The molecule has 4 rings (SSSR count). The molecule has 3 aromatic heterocycles. The Morgan fingerprint density at radius 3 is 2.68 bits per heavy atom. The van der Waals surface area contributed by atoms with Crippen LogP contribution in [0.5, 0.6) is 0 Å². The van der Waals surface area contributed by atoms with Crippen LogP contribution in [0.2, 0.25) is 0 Å². The van der Waals surface area contributed by atoms with Crippen molar-refractivity contribution in [2.75, 3.05) is 0 Å². The SMILES string of the molecule is c1ccc(-c2cc3c(ccc4nccn43)cn2)cc1. The highest BCUT2D eigenvalue weighted by atomic mass is 15.0. The van der Waals surface area contributed by atoms with E-state index in [-0.39, 0.29) is 0 Å². The third-order valence-electron chi connectivity index (χ3n) is 3.32. The third-order valence-corrected chi connectivity index (χ3v) is 3.32. The molecule has 90 valence electrons. The van der Waals surface area contributed by atoms with Crippen molar-refractivity contribution in [3.05, 3.63) is 67.1 Å². The van der Waals surface area contributed by atoms with Gasteiger partial charge in [0.1, 0.15) is 5.65 Å². The topological polar surface area (TPSA) is 30.2 Å². The maximum absolute atomic E-state index is 4.53. The van der Waals surface area contributed by atoms with Gasteiger partial charge < -0.3 is 0 Å². The minimum Gasteiger partial charge on any atom is -0.300 e. The standard InChI is InChI=1S/C16H11N3/c1-2-4-12(5-3-1)14-10-15-13(11-18-14)6-7-16-17-8-9-19(15)16/h1-11H. The first kappa shape index (κ1) is 10.3. The van der Waals surface area contributed by atoms with Gasteiger partial charge in [0, 0.05) is 29.5 Å². The molecule has 3 nitrogen and oxygen atoms in total. The molecule has 0 N–H and O–H groups in total. The van der Waals surface area contributed by atoms with E-state index in [2.05, 4.69) is 38.6 Å². The average molecular weight is 245 g/mol. The average Bonchev–Trinajstić information content (AvgIpc) is 2.96. The monoisotopic (exact) mass is 245 g/mol. The molecule has 0 saturated carbocycles. The van der Waals surface area contributed by atoms with Crippen LogP contribution in [0.4, 0.5) is 0 Å². The Kier molecular flexibility index (Phi) is 2.12. The highest BCUT2D eigenvalue weighted by molar-refractivity contribution is 5.84. The molecule has 0 fully saturated rings. The molecule has 3 heteroatoms. The van der Waals surface area contributed by atoms with Crippen molar-refractivity contribution in [3.8, 4) is 11.3 Å². The van der Waals surface area contributed by atoms with Crippen LogP contribution in [-0.2, 0) is 0 Å². The number of imidazole rings is 1. The number of pyridine rings is 2. The first-order valence-electron chi connectivity index (χ1n) is 6.19. The zero-order valence-electron chi connectivity index (χ0n) is 10.2. The minimum atomic E-state index is 0.956. The van der Waals surface area contributed by atoms with Crippen LogP contribution in [0.25, 0.3) is 27.8 Å². The Balaban J connectivity index is 2.04. The van der Waals surface area contributed by atoms with Crippen molar-refractivity contribution in [1.82, 2.24) is 14.4 Å². The smallest absolute Gasteiger partial charge is 0.137 e. The summed E-state index contributed by atoms with van der Waals surface area (Å²) in [6, 6.07) is 16.4. The predicted octanol–water partition coefficient (Wildman–Crippen LogP) is 3.55. The summed E-state index contributed by atoms with van der Waals surface area (Å²) in [5.41, 5.74) is 4.19. The Hall–Kier alpha value is -2.68. The minimum absolute atomic E-state index is 0.956. The molecular formula is C16H11N3. The van der Waals surface area contributed by atoms with Crippen LogP contribution >= 0.6 is 0 Å². The number of benzene rings is 1. The van der Waals surface area contributed by atoms with Crippen molar-refractivity contribution in [2.45, 2.75) is 0 Å². The molecule has 0 spiro atoms. The Labute approximate surface area is 110 Å². The van der Waals surface area contributed by atoms with E-state index in [1.165, 1.54) is 0 Å². The highest BCUT2D eigenvalue weighted by Crippen LogP contribution is 2.22. The van der Waals surface area contributed by atoms with Gasteiger partial charge in [0.15, 0.2) is 0 Å². The van der Waals surface area contributed by atoms with E-state index < -0.39 is 0 Å². The number of hydrogen-bond acceptors (Lipinski definition) is 2. The molecule has 0 atom stereocenters. The summed E-state index contributed by atoms with van der Waals surface area (Å²) < 4.78 is 2.09. The molecule has 0 radical (unpaired) electrons. The van der Waals surface area contributed by atoms with Crippen LogP contribution in [-0.4, -0.2) is 14.4 Å². The van der Waals surface area contributed by atoms with Gasteiger partial charge in [-0.1, -0.05) is 30.3 Å². The number of aromatic nitrogens is 3. The molecule has 19 heavy (non-hydrogen) atoms. The van der Waals surface area contributed by atoms with E-state index in [1.54, 1.807) is 0 Å². The summed E-state index contributed by atoms with van der Waals surface area (Å²) in [7, 11) is 0. The quantitative estimate of drug-likeness (QED) is 0.513. The summed E-state index contributed by atoms with van der Waals surface area (Å²) in [6.45, 7) is 0. The van der Waals surface area contributed by atoms with E-state index in [4.69, 9.17) is 0 Å². The van der Waals surface area contributed by atoms with Gasteiger partial charge in [0.05, 0.1) is 11.2 Å². The molecule has 0 aliphatic rings. The number of nitrogens with zero attached hydrogens (tertiary/aromatic N) is 3. The van der Waals surface area contributed by atoms with Gasteiger partial charge in [-0.3, -0.25) is 9.38 Å². The van der Waals surface area contributed by atoms with E-state index >= 15 is 0 Å². The van der Waals surface area contributed by atoms with Gasteiger partial charge in [0.2, 0.25) is 0 Å². The Bertz CT molecular complexity index is 863. The Morgan fingerprint density at radius 2 is 1.79 bits per heavy atom. The van der Waals surface area contributed by atoms with Crippen molar-refractivity contribution < 1.29 is 0 Å². The van der Waals surface area contributed by atoms with E-state index in [1.807, 2.05) is 42.9 Å². The molecule has 0 aliphatic heterocycles. The summed E-state index contributed by atoms with van der Waals surface area (Å²) in [4.78, 5) is 8.85. The summed E-state index contributed by atoms with van der Waals surface area (Å²) in [6.07, 6.45) is 5.71. The fraction of sp³-hybridized carbons (Fsp3) is 0. The maximum atomic E-state index is 4.53. The molecule has 3 heterocycles. The number of hydrogen-bond donors (Lipinski definition) is 0. The fourth-order valence-electron chi connectivity index (χ4n) is 2.37. The predicted molar refractivity (Wildman–Crippen MR) is 75.9 cm³/mol.